The molecule has 1 heterocycles. The lowest BCUT2D eigenvalue weighted by Crippen LogP contribution is -2.04. The summed E-state index contributed by atoms with van der Waals surface area (Å²) in [6, 6.07) is 12.0. The van der Waals surface area contributed by atoms with Crippen molar-refractivity contribution in [2.24, 2.45) is 0 Å². The molecule has 0 radical (unpaired) electrons. The molecule has 0 unspecified atom stereocenters. The molecule has 4 nitrogen and oxygen atoms in total. The SMILES string of the molecule is CCc1ccc(CCOc2ccc(CCC(=O)OC)cc2)nc1. The minimum Gasteiger partial charge on any atom is -0.493 e. The highest BCUT2D eigenvalue weighted by Crippen LogP contribution is 2.14. The van der Waals surface area contributed by atoms with Crippen LogP contribution in [0.4, 0.5) is 0 Å². The topological polar surface area (TPSA) is 48.4 Å². The number of hydrogen-bond donors (Lipinski definition) is 0. The Balaban J connectivity index is 1.76. The Kier molecular flexibility index (Phi) is 6.60. The first-order valence-electron chi connectivity index (χ1n) is 7.93. The largest absolute Gasteiger partial charge is 0.493 e. The monoisotopic (exact) mass is 313 g/mol. The van der Waals surface area contributed by atoms with Gasteiger partial charge in [-0.2, -0.15) is 0 Å². The molecule has 0 atom stereocenters. The number of pyridine rings is 1. The average molecular weight is 313 g/mol. The maximum absolute atomic E-state index is 11.1. The van der Waals surface area contributed by atoms with Crippen molar-refractivity contribution in [2.75, 3.05) is 13.7 Å². The molecular weight excluding hydrogens is 290 g/mol. The number of aryl methyl sites for hydroxylation is 2. The summed E-state index contributed by atoms with van der Waals surface area (Å²) >= 11 is 0. The summed E-state index contributed by atoms with van der Waals surface area (Å²) in [5, 5.41) is 0. The van der Waals surface area contributed by atoms with Gasteiger partial charge < -0.3 is 9.47 Å². The molecule has 0 spiro atoms. The molecule has 0 aliphatic carbocycles. The second-order valence-corrected chi connectivity index (χ2v) is 5.33. The zero-order chi connectivity index (χ0) is 16.5. The maximum Gasteiger partial charge on any atom is 0.305 e. The molecule has 0 bridgehead atoms. The normalized spacial score (nSPS) is 10.3. The van der Waals surface area contributed by atoms with E-state index in [1.807, 2.05) is 30.5 Å². The van der Waals surface area contributed by atoms with Gasteiger partial charge in [-0.1, -0.05) is 25.1 Å². The number of carbonyl (C=O) groups excluding carboxylic acids is 1. The van der Waals surface area contributed by atoms with Crippen molar-refractivity contribution in [1.82, 2.24) is 4.98 Å². The third kappa shape index (κ3) is 5.74. The van der Waals surface area contributed by atoms with Crippen LogP contribution in [0.2, 0.25) is 0 Å². The average Bonchev–Trinajstić information content (AvgIpc) is 2.61. The van der Waals surface area contributed by atoms with Crippen LogP contribution < -0.4 is 4.74 Å². The maximum atomic E-state index is 11.1. The number of rotatable bonds is 8. The van der Waals surface area contributed by atoms with E-state index in [1.165, 1.54) is 12.7 Å². The number of benzene rings is 1. The van der Waals surface area contributed by atoms with E-state index in [0.717, 1.165) is 29.8 Å². The number of hydrogen-bond acceptors (Lipinski definition) is 4. The Morgan fingerprint density at radius 2 is 1.78 bits per heavy atom. The highest BCUT2D eigenvalue weighted by Gasteiger charge is 2.02. The van der Waals surface area contributed by atoms with E-state index >= 15 is 0 Å². The highest BCUT2D eigenvalue weighted by molar-refractivity contribution is 5.69. The lowest BCUT2D eigenvalue weighted by Gasteiger charge is -2.07. The first kappa shape index (κ1) is 17.0. The molecule has 4 heteroatoms. The van der Waals surface area contributed by atoms with Crippen LogP contribution in [0.1, 0.15) is 30.2 Å². The minimum atomic E-state index is -0.188. The highest BCUT2D eigenvalue weighted by atomic mass is 16.5. The van der Waals surface area contributed by atoms with Crippen molar-refractivity contribution in [2.45, 2.75) is 32.6 Å². The Hall–Kier alpha value is -2.36. The first-order valence-corrected chi connectivity index (χ1v) is 7.93. The van der Waals surface area contributed by atoms with E-state index in [4.69, 9.17) is 4.74 Å². The number of nitrogens with zero attached hydrogens (tertiary/aromatic N) is 1. The molecule has 0 saturated heterocycles. The third-order valence-electron chi connectivity index (χ3n) is 3.69. The summed E-state index contributed by atoms with van der Waals surface area (Å²) in [4.78, 5) is 15.5. The molecule has 2 aromatic rings. The van der Waals surface area contributed by atoms with E-state index in [9.17, 15) is 4.79 Å². The fourth-order valence-electron chi connectivity index (χ4n) is 2.19. The van der Waals surface area contributed by atoms with Crippen LogP contribution in [0.25, 0.3) is 0 Å². The van der Waals surface area contributed by atoms with Gasteiger partial charge in [0.1, 0.15) is 5.75 Å². The van der Waals surface area contributed by atoms with Crippen LogP contribution in [0.3, 0.4) is 0 Å². The van der Waals surface area contributed by atoms with Gasteiger partial charge in [-0.15, -0.1) is 0 Å². The van der Waals surface area contributed by atoms with E-state index in [2.05, 4.69) is 28.8 Å². The molecule has 0 N–H and O–H groups in total. The molecule has 0 aliphatic rings. The molecule has 0 amide bonds. The number of aromatic nitrogens is 1. The summed E-state index contributed by atoms with van der Waals surface area (Å²) < 4.78 is 10.4. The van der Waals surface area contributed by atoms with Crippen LogP contribution >= 0.6 is 0 Å². The van der Waals surface area contributed by atoms with E-state index < -0.39 is 0 Å². The van der Waals surface area contributed by atoms with Gasteiger partial charge in [0, 0.05) is 24.7 Å². The predicted molar refractivity (Wildman–Crippen MR) is 89.6 cm³/mol. The van der Waals surface area contributed by atoms with Crippen molar-refractivity contribution in [3.8, 4) is 5.75 Å². The summed E-state index contributed by atoms with van der Waals surface area (Å²) in [6.07, 6.45) is 4.79. The van der Waals surface area contributed by atoms with E-state index in [0.29, 0.717) is 19.4 Å². The van der Waals surface area contributed by atoms with Crippen LogP contribution in [0.15, 0.2) is 42.6 Å². The zero-order valence-corrected chi connectivity index (χ0v) is 13.7. The van der Waals surface area contributed by atoms with Crippen molar-refractivity contribution in [1.29, 1.82) is 0 Å². The van der Waals surface area contributed by atoms with Gasteiger partial charge in [0.25, 0.3) is 0 Å². The summed E-state index contributed by atoms with van der Waals surface area (Å²) in [5.41, 5.74) is 3.38. The second-order valence-electron chi connectivity index (χ2n) is 5.33. The van der Waals surface area contributed by atoms with Crippen LogP contribution in [-0.4, -0.2) is 24.7 Å². The van der Waals surface area contributed by atoms with Gasteiger partial charge in [0.2, 0.25) is 0 Å². The number of methoxy groups -OCH3 is 1. The molecular formula is C19H23NO3. The number of carbonyl (C=O) groups is 1. The molecule has 0 aliphatic heterocycles. The van der Waals surface area contributed by atoms with Crippen LogP contribution in [0.5, 0.6) is 5.75 Å². The van der Waals surface area contributed by atoms with Gasteiger partial charge in [-0.3, -0.25) is 9.78 Å². The molecule has 122 valence electrons. The minimum absolute atomic E-state index is 0.188. The van der Waals surface area contributed by atoms with Crippen molar-refractivity contribution >= 4 is 5.97 Å². The van der Waals surface area contributed by atoms with Crippen molar-refractivity contribution in [3.05, 3.63) is 59.4 Å². The molecule has 0 fully saturated rings. The Morgan fingerprint density at radius 3 is 2.39 bits per heavy atom. The Labute approximate surface area is 137 Å². The second kappa shape index (κ2) is 8.93. The number of esters is 1. The zero-order valence-electron chi connectivity index (χ0n) is 13.7. The van der Waals surface area contributed by atoms with Gasteiger partial charge in [0.15, 0.2) is 0 Å². The molecule has 23 heavy (non-hydrogen) atoms. The predicted octanol–water partition coefficient (Wildman–Crippen LogP) is 3.37. The lowest BCUT2D eigenvalue weighted by molar-refractivity contribution is -0.140. The standard InChI is InChI=1S/C19H23NO3/c1-3-15-4-8-17(20-14-15)12-13-23-18-9-5-16(6-10-18)7-11-19(21)22-2/h4-6,8-10,14H,3,7,11-13H2,1-2H3. The molecule has 1 aromatic heterocycles. The first-order chi connectivity index (χ1) is 11.2. The van der Waals surface area contributed by atoms with Crippen molar-refractivity contribution < 1.29 is 14.3 Å². The van der Waals surface area contributed by atoms with Gasteiger partial charge in [-0.05, 0) is 42.2 Å². The van der Waals surface area contributed by atoms with Gasteiger partial charge in [-0.25, -0.2) is 0 Å². The number of ether oxygens (including phenoxy) is 2. The summed E-state index contributed by atoms with van der Waals surface area (Å²) in [7, 11) is 1.41. The van der Waals surface area contributed by atoms with Crippen molar-refractivity contribution in [3.63, 3.8) is 0 Å². The fourth-order valence-corrected chi connectivity index (χ4v) is 2.19. The molecule has 2 rings (SSSR count). The van der Waals surface area contributed by atoms with Crippen LogP contribution in [-0.2, 0) is 28.8 Å². The quantitative estimate of drug-likeness (QED) is 0.701. The van der Waals surface area contributed by atoms with E-state index in [1.54, 1.807) is 0 Å². The Morgan fingerprint density at radius 1 is 1.04 bits per heavy atom. The summed E-state index contributed by atoms with van der Waals surface area (Å²) in [5.74, 6) is 0.643. The van der Waals surface area contributed by atoms with Gasteiger partial charge >= 0.3 is 5.97 Å². The molecule has 1 aromatic carbocycles. The lowest BCUT2D eigenvalue weighted by atomic mass is 10.1. The smallest absolute Gasteiger partial charge is 0.305 e. The fraction of sp³-hybridized carbons (Fsp3) is 0.368. The van der Waals surface area contributed by atoms with Crippen LogP contribution in [0, 0.1) is 0 Å². The third-order valence-corrected chi connectivity index (χ3v) is 3.69. The summed E-state index contributed by atoms with van der Waals surface area (Å²) in [6.45, 7) is 2.72. The Bertz CT molecular complexity index is 606. The van der Waals surface area contributed by atoms with E-state index in [-0.39, 0.29) is 5.97 Å². The van der Waals surface area contributed by atoms with Gasteiger partial charge in [0.05, 0.1) is 13.7 Å². The molecule has 0 saturated carbocycles.